The van der Waals surface area contributed by atoms with Gasteiger partial charge < -0.3 is 25.2 Å². The third-order valence-corrected chi connectivity index (χ3v) is 2.65. The second-order valence-corrected chi connectivity index (χ2v) is 4.47. The van der Waals surface area contributed by atoms with Crippen molar-refractivity contribution < 1.29 is 24.5 Å². The molecular formula is C10H18N2O5. The van der Waals surface area contributed by atoms with E-state index in [0.717, 1.165) is 0 Å². The van der Waals surface area contributed by atoms with Crippen molar-refractivity contribution >= 4 is 12.0 Å². The van der Waals surface area contributed by atoms with Crippen LogP contribution in [0.4, 0.5) is 4.79 Å². The first-order valence-electron chi connectivity index (χ1n) is 5.39. The van der Waals surface area contributed by atoms with E-state index in [9.17, 15) is 9.59 Å². The summed E-state index contributed by atoms with van der Waals surface area (Å²) in [6.07, 6.45) is 0. The van der Waals surface area contributed by atoms with E-state index in [1.807, 2.05) is 0 Å². The molecule has 2 amide bonds. The lowest BCUT2D eigenvalue weighted by Crippen LogP contribution is -2.59. The van der Waals surface area contributed by atoms with E-state index < -0.39 is 23.6 Å². The number of aliphatic carboxylic acids is 1. The van der Waals surface area contributed by atoms with Gasteiger partial charge in [-0.3, -0.25) is 0 Å². The Bertz CT molecular complexity index is 305. The van der Waals surface area contributed by atoms with E-state index in [2.05, 4.69) is 5.32 Å². The monoisotopic (exact) mass is 246 g/mol. The van der Waals surface area contributed by atoms with Gasteiger partial charge >= 0.3 is 12.0 Å². The maximum Gasteiger partial charge on any atom is 0.328 e. The molecule has 1 aliphatic heterocycles. The van der Waals surface area contributed by atoms with Gasteiger partial charge in [0, 0.05) is 6.54 Å². The number of carbonyl (C=O) groups excluding carboxylic acids is 1. The van der Waals surface area contributed by atoms with Gasteiger partial charge in [-0.25, -0.2) is 9.59 Å². The van der Waals surface area contributed by atoms with Crippen molar-refractivity contribution in [1.82, 2.24) is 10.2 Å². The molecule has 17 heavy (non-hydrogen) atoms. The van der Waals surface area contributed by atoms with Gasteiger partial charge in [-0.1, -0.05) is 0 Å². The SMILES string of the molecule is CC(C)(NC(=O)N1CCOCC1CO)C(=O)O. The molecule has 1 atom stereocenters. The minimum Gasteiger partial charge on any atom is -0.480 e. The molecule has 0 aromatic carbocycles. The van der Waals surface area contributed by atoms with E-state index in [1.165, 1.54) is 18.7 Å². The summed E-state index contributed by atoms with van der Waals surface area (Å²) in [5, 5.41) is 20.4. The molecule has 7 nitrogen and oxygen atoms in total. The zero-order valence-electron chi connectivity index (χ0n) is 9.97. The molecule has 1 unspecified atom stereocenters. The summed E-state index contributed by atoms with van der Waals surface area (Å²) in [5.41, 5.74) is -1.34. The molecule has 0 aromatic heterocycles. The van der Waals surface area contributed by atoms with Crippen molar-refractivity contribution in [2.45, 2.75) is 25.4 Å². The van der Waals surface area contributed by atoms with E-state index in [4.69, 9.17) is 14.9 Å². The average Bonchev–Trinajstić information content (AvgIpc) is 2.28. The number of urea groups is 1. The van der Waals surface area contributed by atoms with Gasteiger partial charge in [0.05, 0.1) is 25.9 Å². The van der Waals surface area contributed by atoms with Crippen molar-refractivity contribution in [3.05, 3.63) is 0 Å². The number of nitrogens with one attached hydrogen (secondary N) is 1. The summed E-state index contributed by atoms with van der Waals surface area (Å²) in [6.45, 7) is 3.59. The van der Waals surface area contributed by atoms with Crippen molar-refractivity contribution in [2.24, 2.45) is 0 Å². The fourth-order valence-electron chi connectivity index (χ4n) is 1.47. The Morgan fingerprint density at radius 1 is 1.53 bits per heavy atom. The predicted molar refractivity (Wildman–Crippen MR) is 58.6 cm³/mol. The first kappa shape index (κ1) is 13.7. The Kier molecular flexibility index (Phi) is 4.30. The van der Waals surface area contributed by atoms with Gasteiger partial charge in [0.25, 0.3) is 0 Å². The fourth-order valence-corrected chi connectivity index (χ4v) is 1.47. The van der Waals surface area contributed by atoms with Gasteiger partial charge in [-0.2, -0.15) is 0 Å². The predicted octanol–water partition coefficient (Wildman–Crippen LogP) is -0.748. The van der Waals surface area contributed by atoms with E-state index in [1.54, 1.807) is 0 Å². The summed E-state index contributed by atoms with van der Waals surface area (Å²) >= 11 is 0. The quantitative estimate of drug-likeness (QED) is 0.608. The van der Waals surface area contributed by atoms with E-state index >= 15 is 0 Å². The van der Waals surface area contributed by atoms with Crippen molar-refractivity contribution in [3.8, 4) is 0 Å². The second-order valence-electron chi connectivity index (χ2n) is 4.47. The topological polar surface area (TPSA) is 99.1 Å². The number of carboxylic acid groups (broad SMARTS) is 1. The molecule has 1 fully saturated rings. The van der Waals surface area contributed by atoms with Crippen LogP contribution in [0.2, 0.25) is 0 Å². The molecule has 1 heterocycles. The summed E-state index contributed by atoms with van der Waals surface area (Å²) < 4.78 is 5.13. The normalized spacial score (nSPS) is 21.1. The van der Waals surface area contributed by atoms with Gasteiger partial charge in [0.15, 0.2) is 0 Å². The standard InChI is InChI=1S/C10H18N2O5/c1-10(2,8(14)15)11-9(16)12-3-4-17-6-7(12)5-13/h7,13H,3-6H2,1-2H3,(H,11,16)(H,14,15). The summed E-state index contributed by atoms with van der Waals surface area (Å²) in [6, 6.07) is -0.923. The number of ether oxygens (including phenoxy) is 1. The zero-order chi connectivity index (χ0) is 13.1. The highest BCUT2D eigenvalue weighted by atomic mass is 16.5. The largest absolute Gasteiger partial charge is 0.480 e. The molecule has 0 saturated carbocycles. The zero-order valence-corrected chi connectivity index (χ0v) is 9.97. The van der Waals surface area contributed by atoms with Crippen LogP contribution >= 0.6 is 0 Å². The van der Waals surface area contributed by atoms with Crippen LogP contribution in [0.15, 0.2) is 0 Å². The van der Waals surface area contributed by atoms with Crippen LogP contribution in [0.3, 0.4) is 0 Å². The molecule has 1 saturated heterocycles. The molecule has 98 valence electrons. The Balaban J connectivity index is 2.65. The smallest absolute Gasteiger partial charge is 0.328 e. The average molecular weight is 246 g/mol. The highest BCUT2D eigenvalue weighted by molar-refractivity contribution is 5.85. The maximum atomic E-state index is 11.9. The second kappa shape index (κ2) is 5.33. The lowest BCUT2D eigenvalue weighted by molar-refractivity contribution is -0.143. The van der Waals surface area contributed by atoms with Gasteiger partial charge in [0.2, 0.25) is 0 Å². The Morgan fingerprint density at radius 3 is 2.71 bits per heavy atom. The molecule has 0 aromatic rings. The molecule has 0 radical (unpaired) electrons. The summed E-state index contributed by atoms with van der Waals surface area (Å²) in [4.78, 5) is 24.2. The molecule has 0 aliphatic carbocycles. The molecule has 1 aliphatic rings. The number of rotatable bonds is 3. The molecule has 0 bridgehead atoms. The lowest BCUT2D eigenvalue weighted by Gasteiger charge is -2.36. The Hall–Kier alpha value is -1.34. The third-order valence-electron chi connectivity index (χ3n) is 2.65. The van der Waals surface area contributed by atoms with Crippen LogP contribution in [-0.2, 0) is 9.53 Å². The lowest BCUT2D eigenvalue weighted by atomic mass is 10.1. The number of carboxylic acids is 1. The van der Waals surface area contributed by atoms with Crippen LogP contribution in [0.1, 0.15) is 13.8 Å². The Morgan fingerprint density at radius 2 is 2.18 bits per heavy atom. The van der Waals surface area contributed by atoms with Crippen molar-refractivity contribution in [1.29, 1.82) is 0 Å². The van der Waals surface area contributed by atoms with E-state index in [0.29, 0.717) is 13.2 Å². The van der Waals surface area contributed by atoms with Gasteiger partial charge in [-0.05, 0) is 13.8 Å². The molecule has 3 N–H and O–H groups in total. The van der Waals surface area contributed by atoms with Crippen molar-refractivity contribution in [3.63, 3.8) is 0 Å². The number of morpholine rings is 1. The number of hydrogen-bond acceptors (Lipinski definition) is 4. The maximum absolute atomic E-state index is 11.9. The van der Waals surface area contributed by atoms with Crippen LogP contribution < -0.4 is 5.32 Å². The summed E-state index contributed by atoms with van der Waals surface area (Å²) in [5.74, 6) is -1.11. The Labute approximate surface area is 99.4 Å². The first-order chi connectivity index (χ1) is 7.88. The van der Waals surface area contributed by atoms with Crippen LogP contribution in [0.25, 0.3) is 0 Å². The number of nitrogens with zero attached hydrogens (tertiary/aromatic N) is 1. The third kappa shape index (κ3) is 3.31. The number of aliphatic hydroxyl groups is 1. The van der Waals surface area contributed by atoms with Crippen molar-refractivity contribution in [2.75, 3.05) is 26.4 Å². The molecule has 7 heteroatoms. The number of carbonyl (C=O) groups is 2. The van der Waals surface area contributed by atoms with E-state index in [-0.39, 0.29) is 13.2 Å². The molecule has 1 rings (SSSR count). The van der Waals surface area contributed by atoms with Gasteiger partial charge in [0.1, 0.15) is 5.54 Å². The highest BCUT2D eigenvalue weighted by Crippen LogP contribution is 2.09. The minimum atomic E-state index is -1.34. The first-order valence-corrected chi connectivity index (χ1v) is 5.39. The van der Waals surface area contributed by atoms with Crippen LogP contribution in [0, 0.1) is 0 Å². The number of aliphatic hydroxyl groups excluding tert-OH is 1. The highest BCUT2D eigenvalue weighted by Gasteiger charge is 2.34. The number of amides is 2. The minimum absolute atomic E-state index is 0.207. The molecule has 0 spiro atoms. The van der Waals surface area contributed by atoms with Crippen LogP contribution in [-0.4, -0.2) is 65.1 Å². The fraction of sp³-hybridized carbons (Fsp3) is 0.800. The van der Waals surface area contributed by atoms with Gasteiger partial charge in [-0.15, -0.1) is 0 Å². The van der Waals surface area contributed by atoms with Crippen LogP contribution in [0.5, 0.6) is 0 Å². The number of hydrogen-bond donors (Lipinski definition) is 3. The summed E-state index contributed by atoms with van der Waals surface area (Å²) in [7, 11) is 0. The molecular weight excluding hydrogens is 228 g/mol.